The number of methoxy groups -OCH3 is 1. The number of carbonyl (C=O) groups is 2. The van der Waals surface area contributed by atoms with Crippen LogP contribution in [-0.4, -0.2) is 38.2 Å². The summed E-state index contributed by atoms with van der Waals surface area (Å²) in [6.45, 7) is 6.19. The minimum absolute atomic E-state index is 0.187. The van der Waals surface area contributed by atoms with E-state index in [0.29, 0.717) is 24.7 Å². The van der Waals surface area contributed by atoms with Crippen LogP contribution in [0.15, 0.2) is 12.1 Å². The van der Waals surface area contributed by atoms with E-state index in [-0.39, 0.29) is 16.5 Å². The van der Waals surface area contributed by atoms with Gasteiger partial charge in [-0.05, 0) is 32.4 Å². The predicted octanol–water partition coefficient (Wildman–Crippen LogP) is 2.82. The van der Waals surface area contributed by atoms with Crippen molar-refractivity contribution < 1.29 is 23.8 Å². The molecule has 0 aliphatic carbocycles. The van der Waals surface area contributed by atoms with Crippen molar-refractivity contribution in [3.63, 3.8) is 0 Å². The topological polar surface area (TPSA) is 73.9 Å². The molecule has 128 valence electrons. The quantitative estimate of drug-likeness (QED) is 0.735. The molecule has 1 aromatic carbocycles. The summed E-state index contributed by atoms with van der Waals surface area (Å²) in [7, 11) is 1.46. The zero-order chi connectivity index (χ0) is 17.4. The first-order valence-electron chi connectivity index (χ1n) is 7.43. The fourth-order valence-electron chi connectivity index (χ4n) is 1.78. The summed E-state index contributed by atoms with van der Waals surface area (Å²) in [5.41, 5.74) is 0.187. The summed E-state index contributed by atoms with van der Waals surface area (Å²) in [6.07, 6.45) is -0.0870. The predicted molar refractivity (Wildman–Crippen MR) is 87.4 cm³/mol. The number of amides is 1. The van der Waals surface area contributed by atoms with Gasteiger partial charge in [-0.25, -0.2) is 4.79 Å². The van der Waals surface area contributed by atoms with Crippen molar-refractivity contribution in [3.8, 4) is 11.5 Å². The summed E-state index contributed by atoms with van der Waals surface area (Å²) in [5.74, 6) is -0.305. The van der Waals surface area contributed by atoms with Crippen LogP contribution in [0.1, 0.15) is 37.6 Å². The lowest BCUT2D eigenvalue weighted by molar-refractivity contribution is -0.128. The Bertz CT molecular complexity index is 562. The highest BCUT2D eigenvalue weighted by Gasteiger charge is 2.21. The van der Waals surface area contributed by atoms with E-state index < -0.39 is 12.1 Å². The first-order valence-corrected chi connectivity index (χ1v) is 7.81. The summed E-state index contributed by atoms with van der Waals surface area (Å²) >= 11 is 6.15. The monoisotopic (exact) mass is 343 g/mol. The molecule has 6 nitrogen and oxygen atoms in total. The van der Waals surface area contributed by atoms with Crippen molar-refractivity contribution in [3.05, 3.63) is 22.7 Å². The number of hydrogen-bond acceptors (Lipinski definition) is 5. The molecule has 7 heteroatoms. The van der Waals surface area contributed by atoms with E-state index in [1.165, 1.54) is 26.2 Å². The third-order valence-corrected chi connectivity index (χ3v) is 3.20. The Morgan fingerprint density at radius 2 is 2.00 bits per heavy atom. The molecule has 0 unspecified atom stereocenters. The number of nitrogens with one attached hydrogen (secondary N) is 1. The molecule has 0 aromatic heterocycles. The minimum atomic E-state index is -0.900. The van der Waals surface area contributed by atoms with Crippen LogP contribution in [0.4, 0.5) is 0 Å². The van der Waals surface area contributed by atoms with Crippen molar-refractivity contribution in [2.45, 2.75) is 33.3 Å². The summed E-state index contributed by atoms with van der Waals surface area (Å²) < 4.78 is 15.8. The highest BCUT2D eigenvalue weighted by atomic mass is 35.5. The van der Waals surface area contributed by atoms with Crippen LogP contribution < -0.4 is 14.8 Å². The number of ether oxygens (including phenoxy) is 3. The molecule has 0 fully saturated rings. The summed E-state index contributed by atoms with van der Waals surface area (Å²) in [5, 5.41) is 2.83. The van der Waals surface area contributed by atoms with Crippen LogP contribution in [0.3, 0.4) is 0 Å². The molecule has 0 aliphatic heterocycles. The number of hydrogen-bond donors (Lipinski definition) is 1. The summed E-state index contributed by atoms with van der Waals surface area (Å²) in [6, 6.07) is 2.91. The van der Waals surface area contributed by atoms with Gasteiger partial charge in [0.1, 0.15) is 0 Å². The molecular weight excluding hydrogens is 322 g/mol. The van der Waals surface area contributed by atoms with Gasteiger partial charge in [0.25, 0.3) is 5.91 Å². The van der Waals surface area contributed by atoms with Crippen LogP contribution in [0.2, 0.25) is 5.02 Å². The number of benzene rings is 1. The standard InChI is InChI=1S/C16H22ClNO5/c1-5-7-22-14-12(17)8-11(9-13(14)21-4)16(20)23-10(3)15(19)18-6-2/h8-10H,5-7H2,1-4H3,(H,18,19)/t10-/m0/s1. The SMILES string of the molecule is CCCOc1c(Cl)cc(C(=O)O[C@@H](C)C(=O)NCC)cc1OC. The van der Waals surface area contributed by atoms with Gasteiger partial charge >= 0.3 is 5.97 Å². The maximum absolute atomic E-state index is 12.2. The van der Waals surface area contributed by atoms with Crippen LogP contribution in [0.25, 0.3) is 0 Å². The lowest BCUT2D eigenvalue weighted by atomic mass is 10.2. The highest BCUT2D eigenvalue weighted by Crippen LogP contribution is 2.36. The second kappa shape index (κ2) is 9.25. The molecular formula is C16H22ClNO5. The van der Waals surface area contributed by atoms with Gasteiger partial charge in [0, 0.05) is 6.54 Å². The highest BCUT2D eigenvalue weighted by molar-refractivity contribution is 6.32. The van der Waals surface area contributed by atoms with E-state index in [4.69, 9.17) is 25.8 Å². The zero-order valence-electron chi connectivity index (χ0n) is 13.8. The molecule has 0 heterocycles. The summed E-state index contributed by atoms with van der Waals surface area (Å²) in [4.78, 5) is 23.8. The fraction of sp³-hybridized carbons (Fsp3) is 0.500. The molecule has 1 amide bonds. The average molecular weight is 344 g/mol. The normalized spacial score (nSPS) is 11.5. The Morgan fingerprint density at radius 1 is 1.30 bits per heavy atom. The molecule has 1 N–H and O–H groups in total. The first-order chi connectivity index (χ1) is 10.9. The molecule has 1 atom stereocenters. The molecule has 0 aliphatic rings. The van der Waals surface area contributed by atoms with Crippen molar-refractivity contribution >= 4 is 23.5 Å². The van der Waals surface area contributed by atoms with E-state index in [9.17, 15) is 9.59 Å². The van der Waals surface area contributed by atoms with Gasteiger partial charge in [-0.15, -0.1) is 0 Å². The lowest BCUT2D eigenvalue weighted by Gasteiger charge is -2.15. The van der Waals surface area contributed by atoms with Crippen molar-refractivity contribution in [1.29, 1.82) is 0 Å². The Kier molecular flexibility index (Phi) is 7.68. The van der Waals surface area contributed by atoms with Crippen LogP contribution in [0, 0.1) is 0 Å². The fourth-order valence-corrected chi connectivity index (χ4v) is 2.05. The number of halogens is 1. The van der Waals surface area contributed by atoms with Crippen molar-refractivity contribution in [2.24, 2.45) is 0 Å². The van der Waals surface area contributed by atoms with Crippen LogP contribution >= 0.6 is 11.6 Å². The minimum Gasteiger partial charge on any atom is -0.493 e. The Labute approximate surface area is 141 Å². The van der Waals surface area contributed by atoms with Gasteiger partial charge in [0.15, 0.2) is 17.6 Å². The Hall–Kier alpha value is -1.95. The van der Waals surface area contributed by atoms with Crippen molar-refractivity contribution in [1.82, 2.24) is 5.32 Å². The second-order valence-corrected chi connectivity index (χ2v) is 5.19. The van der Waals surface area contributed by atoms with Gasteiger partial charge in [0.05, 0.1) is 24.3 Å². The molecule has 0 saturated heterocycles. The zero-order valence-corrected chi connectivity index (χ0v) is 14.5. The molecule has 0 spiro atoms. The third-order valence-electron chi connectivity index (χ3n) is 2.92. The van der Waals surface area contributed by atoms with E-state index >= 15 is 0 Å². The molecule has 0 bridgehead atoms. The number of esters is 1. The van der Waals surface area contributed by atoms with Gasteiger partial charge in [0.2, 0.25) is 0 Å². The molecule has 1 aromatic rings. The van der Waals surface area contributed by atoms with Crippen LogP contribution in [-0.2, 0) is 9.53 Å². The molecule has 1 rings (SSSR count). The Morgan fingerprint density at radius 3 is 2.57 bits per heavy atom. The molecule has 23 heavy (non-hydrogen) atoms. The first kappa shape index (κ1) is 19.1. The van der Waals surface area contributed by atoms with E-state index in [1.54, 1.807) is 6.92 Å². The van der Waals surface area contributed by atoms with Gasteiger partial charge in [-0.2, -0.15) is 0 Å². The smallest absolute Gasteiger partial charge is 0.339 e. The van der Waals surface area contributed by atoms with E-state index in [2.05, 4.69) is 5.32 Å². The van der Waals surface area contributed by atoms with Gasteiger partial charge in [-0.3, -0.25) is 4.79 Å². The maximum Gasteiger partial charge on any atom is 0.339 e. The molecule has 0 saturated carbocycles. The number of rotatable bonds is 8. The van der Waals surface area contributed by atoms with E-state index in [0.717, 1.165) is 6.42 Å². The molecule has 0 radical (unpaired) electrons. The average Bonchev–Trinajstić information content (AvgIpc) is 2.53. The number of likely N-dealkylation sites (N-methyl/N-ethyl adjacent to an activating group) is 1. The largest absolute Gasteiger partial charge is 0.493 e. The second-order valence-electron chi connectivity index (χ2n) is 4.78. The van der Waals surface area contributed by atoms with Crippen LogP contribution in [0.5, 0.6) is 11.5 Å². The van der Waals surface area contributed by atoms with Crippen molar-refractivity contribution in [2.75, 3.05) is 20.3 Å². The van der Waals surface area contributed by atoms with Gasteiger partial charge < -0.3 is 19.5 Å². The lowest BCUT2D eigenvalue weighted by Crippen LogP contribution is -2.35. The Balaban J connectivity index is 2.93. The van der Waals surface area contributed by atoms with Gasteiger partial charge in [-0.1, -0.05) is 18.5 Å². The maximum atomic E-state index is 12.2. The third kappa shape index (κ3) is 5.32. The number of carbonyl (C=O) groups excluding carboxylic acids is 2. The van der Waals surface area contributed by atoms with E-state index in [1.807, 2.05) is 6.92 Å².